The highest BCUT2D eigenvalue weighted by molar-refractivity contribution is 5.79. The van der Waals surface area contributed by atoms with Crippen LogP contribution in [0, 0.1) is 23.5 Å². The largest absolute Gasteiger partial charge is 0.390 e. The summed E-state index contributed by atoms with van der Waals surface area (Å²) in [6.45, 7) is 7.09. The van der Waals surface area contributed by atoms with Crippen molar-refractivity contribution in [2.24, 2.45) is 11.8 Å². The van der Waals surface area contributed by atoms with E-state index in [9.17, 15) is 18.7 Å². The van der Waals surface area contributed by atoms with Gasteiger partial charge < -0.3 is 25.5 Å². The number of halogens is 2. The van der Waals surface area contributed by atoms with E-state index in [-0.39, 0.29) is 35.5 Å². The molecule has 3 N–H and O–H groups in total. The van der Waals surface area contributed by atoms with Crippen LogP contribution in [0.2, 0.25) is 0 Å². The maximum absolute atomic E-state index is 14.7. The van der Waals surface area contributed by atoms with Gasteiger partial charge in [0, 0.05) is 50.2 Å². The first-order valence-corrected chi connectivity index (χ1v) is 16.0. The van der Waals surface area contributed by atoms with Crippen LogP contribution < -0.4 is 10.6 Å². The topological polar surface area (TPSA) is 111 Å². The molecule has 0 spiro atoms. The number of nitrogens with zero attached hydrogens (tertiary/aromatic N) is 6. The molecule has 1 aromatic carbocycles. The Bertz CT molecular complexity index is 1470. The van der Waals surface area contributed by atoms with Crippen molar-refractivity contribution in [2.75, 3.05) is 43.9 Å². The van der Waals surface area contributed by atoms with Crippen molar-refractivity contribution in [2.45, 2.75) is 82.9 Å². The number of aromatic nitrogens is 4. The van der Waals surface area contributed by atoms with Gasteiger partial charge in [0.2, 0.25) is 17.8 Å². The van der Waals surface area contributed by atoms with Gasteiger partial charge >= 0.3 is 0 Å². The van der Waals surface area contributed by atoms with Crippen LogP contribution in [-0.2, 0) is 4.79 Å². The standard InChI is InChI=1S/C32H44F2N8O2/c1-32(2,44)21-6-9-23(10-7-21)36-30-35-19-27-28(39-30)42(31(38-27)37-26-13-8-22(33)18-25(26)34)24-11-4-20(5-12-24)29(43)41-16-14-40(3)15-17-41/h8,13,18-21,23-24,44H,4-7,9-12,14-17H2,1-3H3,(H,37,38)(H,35,36,39)/t20-,21?,23?,24+. The van der Waals surface area contributed by atoms with Crippen molar-refractivity contribution < 1.29 is 18.7 Å². The quantitative estimate of drug-likeness (QED) is 0.339. The predicted octanol–water partition coefficient (Wildman–Crippen LogP) is 5.10. The SMILES string of the molecule is CN1CCN(C(=O)[C@H]2CC[C@@H](n3c(Nc4ccc(F)cc4F)nc4cnc(NC5CCC(C(C)(C)O)CC5)nc43)CC2)CC1. The number of likely N-dealkylation sites (N-methyl/N-ethyl adjacent to an activating group) is 1. The molecule has 2 aliphatic carbocycles. The second kappa shape index (κ2) is 12.5. The van der Waals surface area contributed by atoms with Crippen LogP contribution in [0.4, 0.5) is 26.4 Å². The Morgan fingerprint density at radius 1 is 0.977 bits per heavy atom. The molecule has 3 aliphatic rings. The summed E-state index contributed by atoms with van der Waals surface area (Å²) in [5.41, 5.74) is 0.638. The molecule has 0 bridgehead atoms. The van der Waals surface area contributed by atoms with E-state index in [2.05, 4.69) is 27.6 Å². The predicted molar refractivity (Wildman–Crippen MR) is 166 cm³/mol. The third-order valence-electron chi connectivity index (χ3n) is 9.90. The van der Waals surface area contributed by atoms with E-state index < -0.39 is 17.2 Å². The van der Waals surface area contributed by atoms with Gasteiger partial charge in [0.25, 0.3) is 0 Å². The van der Waals surface area contributed by atoms with E-state index in [0.29, 0.717) is 23.1 Å². The lowest BCUT2D eigenvalue weighted by Gasteiger charge is -2.37. The van der Waals surface area contributed by atoms with Gasteiger partial charge in [0.05, 0.1) is 17.5 Å². The van der Waals surface area contributed by atoms with Crippen molar-refractivity contribution in [3.63, 3.8) is 0 Å². The van der Waals surface area contributed by atoms with Gasteiger partial charge in [-0.3, -0.25) is 9.36 Å². The monoisotopic (exact) mass is 610 g/mol. The number of rotatable bonds is 7. The Morgan fingerprint density at radius 2 is 1.68 bits per heavy atom. The molecule has 1 aliphatic heterocycles. The number of fused-ring (bicyclic) bond motifs is 1. The van der Waals surface area contributed by atoms with E-state index in [0.717, 1.165) is 83.6 Å². The van der Waals surface area contributed by atoms with Gasteiger partial charge in [-0.25, -0.2) is 18.7 Å². The minimum absolute atomic E-state index is 0.00692. The Balaban J connectivity index is 1.23. The molecule has 1 saturated heterocycles. The minimum atomic E-state index is -0.708. The molecule has 3 heterocycles. The summed E-state index contributed by atoms with van der Waals surface area (Å²) in [6.07, 6.45) is 8.37. The summed E-state index contributed by atoms with van der Waals surface area (Å²) in [6, 6.07) is 3.61. The van der Waals surface area contributed by atoms with Crippen molar-refractivity contribution >= 4 is 34.7 Å². The van der Waals surface area contributed by atoms with Crippen molar-refractivity contribution in [3.05, 3.63) is 36.0 Å². The molecule has 2 saturated carbocycles. The average molecular weight is 611 g/mol. The van der Waals surface area contributed by atoms with E-state index in [4.69, 9.17) is 9.97 Å². The normalized spacial score (nSPS) is 25.3. The lowest BCUT2D eigenvalue weighted by Crippen LogP contribution is -2.49. The van der Waals surface area contributed by atoms with Crippen molar-refractivity contribution in [1.82, 2.24) is 29.3 Å². The molecule has 10 nitrogen and oxygen atoms in total. The molecule has 0 atom stereocenters. The summed E-state index contributed by atoms with van der Waals surface area (Å²) < 4.78 is 30.3. The Labute approximate surface area is 257 Å². The van der Waals surface area contributed by atoms with Gasteiger partial charge in [-0.1, -0.05) is 0 Å². The highest BCUT2D eigenvalue weighted by Gasteiger charge is 2.34. The second-order valence-electron chi connectivity index (χ2n) is 13.4. The Kier molecular flexibility index (Phi) is 8.74. The number of amides is 1. The zero-order chi connectivity index (χ0) is 31.0. The van der Waals surface area contributed by atoms with Crippen LogP contribution in [0.5, 0.6) is 0 Å². The fraction of sp³-hybridized carbons (Fsp3) is 0.625. The van der Waals surface area contributed by atoms with Gasteiger partial charge in [0.15, 0.2) is 5.65 Å². The minimum Gasteiger partial charge on any atom is -0.390 e. The molecule has 238 valence electrons. The fourth-order valence-electron chi connectivity index (χ4n) is 7.10. The first kappa shape index (κ1) is 30.6. The lowest BCUT2D eigenvalue weighted by atomic mass is 9.77. The molecular formula is C32H44F2N8O2. The van der Waals surface area contributed by atoms with Crippen LogP contribution in [0.3, 0.4) is 0 Å². The lowest BCUT2D eigenvalue weighted by molar-refractivity contribution is -0.138. The van der Waals surface area contributed by atoms with E-state index >= 15 is 0 Å². The molecule has 3 fully saturated rings. The Morgan fingerprint density at radius 3 is 2.34 bits per heavy atom. The summed E-state index contributed by atoms with van der Waals surface area (Å²) in [7, 11) is 2.08. The van der Waals surface area contributed by atoms with Crippen LogP contribution in [0.15, 0.2) is 24.4 Å². The average Bonchev–Trinajstić information content (AvgIpc) is 3.35. The van der Waals surface area contributed by atoms with Gasteiger partial charge in [-0.2, -0.15) is 4.98 Å². The molecule has 0 unspecified atom stereocenters. The van der Waals surface area contributed by atoms with Crippen LogP contribution in [0.1, 0.15) is 71.3 Å². The number of hydrogen-bond acceptors (Lipinski definition) is 8. The molecule has 0 radical (unpaired) electrons. The molecule has 3 aromatic rings. The highest BCUT2D eigenvalue weighted by Crippen LogP contribution is 2.38. The summed E-state index contributed by atoms with van der Waals surface area (Å²) in [5.74, 6) is 0.0563. The smallest absolute Gasteiger partial charge is 0.225 e. The highest BCUT2D eigenvalue weighted by atomic mass is 19.1. The maximum Gasteiger partial charge on any atom is 0.225 e. The number of carbonyl (C=O) groups excluding carboxylic acids is 1. The number of hydrogen-bond donors (Lipinski definition) is 3. The van der Waals surface area contributed by atoms with Crippen molar-refractivity contribution in [1.29, 1.82) is 0 Å². The molecule has 12 heteroatoms. The number of imidazole rings is 1. The summed E-state index contributed by atoms with van der Waals surface area (Å²) in [5, 5.41) is 17.0. The maximum atomic E-state index is 14.7. The van der Waals surface area contributed by atoms with Crippen molar-refractivity contribution in [3.8, 4) is 0 Å². The number of piperazine rings is 1. The summed E-state index contributed by atoms with van der Waals surface area (Å²) in [4.78, 5) is 31.7. The molecular weight excluding hydrogens is 566 g/mol. The zero-order valence-electron chi connectivity index (χ0n) is 25.9. The van der Waals surface area contributed by atoms with Gasteiger partial charge in [-0.05, 0) is 90.3 Å². The fourth-order valence-corrected chi connectivity index (χ4v) is 7.10. The number of anilines is 3. The Hall–Kier alpha value is -3.38. The third kappa shape index (κ3) is 6.66. The van der Waals surface area contributed by atoms with E-state index in [1.54, 1.807) is 6.20 Å². The number of aliphatic hydroxyl groups is 1. The second-order valence-corrected chi connectivity index (χ2v) is 13.4. The van der Waals surface area contributed by atoms with Gasteiger partial charge in [0.1, 0.15) is 17.2 Å². The molecule has 6 rings (SSSR count). The zero-order valence-corrected chi connectivity index (χ0v) is 25.9. The van der Waals surface area contributed by atoms with Crippen LogP contribution in [0.25, 0.3) is 11.2 Å². The third-order valence-corrected chi connectivity index (χ3v) is 9.90. The van der Waals surface area contributed by atoms with E-state index in [1.165, 1.54) is 12.1 Å². The van der Waals surface area contributed by atoms with Crippen LogP contribution in [-0.4, -0.2) is 85.2 Å². The molecule has 1 amide bonds. The van der Waals surface area contributed by atoms with E-state index in [1.807, 2.05) is 23.3 Å². The number of benzene rings is 1. The number of carbonyl (C=O) groups is 1. The first-order valence-electron chi connectivity index (χ1n) is 16.0. The first-order chi connectivity index (χ1) is 21.0. The molecule has 2 aromatic heterocycles. The summed E-state index contributed by atoms with van der Waals surface area (Å²) >= 11 is 0. The molecule has 44 heavy (non-hydrogen) atoms. The number of nitrogens with one attached hydrogen (secondary N) is 2. The van der Waals surface area contributed by atoms with Crippen LogP contribution >= 0.6 is 0 Å². The van der Waals surface area contributed by atoms with Gasteiger partial charge in [-0.15, -0.1) is 0 Å².